The van der Waals surface area contributed by atoms with Crippen molar-refractivity contribution >= 4 is 66.8 Å². The molecule has 0 aromatic heterocycles. The van der Waals surface area contributed by atoms with Crippen LogP contribution in [0.25, 0.3) is 0 Å². The molecule has 4 aromatic rings. The highest BCUT2D eigenvalue weighted by molar-refractivity contribution is 9.10. The van der Waals surface area contributed by atoms with Crippen LogP contribution in [0, 0.1) is 15.5 Å². The van der Waals surface area contributed by atoms with Gasteiger partial charge < -0.3 is 45.5 Å². The van der Waals surface area contributed by atoms with Crippen molar-refractivity contribution in [1.29, 1.82) is 0 Å². The Kier molecular flexibility index (Phi) is 12.9. The first kappa shape index (κ1) is 41.9. The van der Waals surface area contributed by atoms with Crippen molar-refractivity contribution in [3.05, 3.63) is 104 Å². The highest BCUT2D eigenvalue weighted by atomic mass is 79.9. The first-order chi connectivity index (χ1) is 26.3. The minimum Gasteiger partial charge on any atom is -0.465 e. The zero-order chi connectivity index (χ0) is 40.9. The summed E-state index contributed by atoms with van der Waals surface area (Å²) in [5.74, 6) is 1.86. The summed E-state index contributed by atoms with van der Waals surface area (Å²) in [4.78, 5) is 37.3. The molecule has 16 heteroatoms. The molecule has 14 nitrogen and oxygen atoms in total. The highest BCUT2D eigenvalue weighted by Crippen LogP contribution is 2.42. The van der Waals surface area contributed by atoms with Gasteiger partial charge in [0.15, 0.2) is 5.75 Å². The molecule has 2 fully saturated rings. The van der Waals surface area contributed by atoms with E-state index in [0.29, 0.717) is 47.0 Å². The van der Waals surface area contributed by atoms with Crippen LogP contribution >= 0.6 is 31.9 Å². The number of nitrogens with two attached hydrogens (primary N) is 1. The maximum atomic E-state index is 12.0. The van der Waals surface area contributed by atoms with Gasteiger partial charge in [-0.15, -0.1) is 0 Å². The molecule has 0 spiro atoms. The van der Waals surface area contributed by atoms with Gasteiger partial charge in [0, 0.05) is 41.9 Å². The number of carboxylic acid groups (broad SMARTS) is 1. The summed E-state index contributed by atoms with van der Waals surface area (Å²) in [6, 6.07) is 24.9. The topological polar surface area (TPSA) is 182 Å². The van der Waals surface area contributed by atoms with E-state index in [2.05, 4.69) is 42.5 Å². The molecule has 56 heavy (non-hydrogen) atoms. The molecule has 0 bridgehead atoms. The molecule has 298 valence electrons. The molecule has 0 saturated carbocycles. The number of hydrogen-bond acceptors (Lipinski definition) is 10. The Labute approximate surface area is 342 Å². The number of carbonyl (C=O) groups excluding carboxylic acids is 1. The smallest absolute Gasteiger partial charge is 0.410 e. The van der Waals surface area contributed by atoms with Gasteiger partial charge in [-0.3, -0.25) is 10.1 Å². The number of nitrogens with one attached hydrogen (secondary N) is 2. The Morgan fingerprint density at radius 2 is 1.55 bits per heavy atom. The van der Waals surface area contributed by atoms with Crippen LogP contribution in [0.1, 0.15) is 41.5 Å². The maximum absolute atomic E-state index is 12.0. The number of carbonyl (C=O) groups is 2. The summed E-state index contributed by atoms with van der Waals surface area (Å²) in [7, 11) is 0. The van der Waals surface area contributed by atoms with E-state index in [0.717, 1.165) is 15.8 Å². The molecule has 6 rings (SSSR count). The molecule has 4 aromatic carbocycles. The molecular weight excluding hydrogens is 852 g/mol. The van der Waals surface area contributed by atoms with Gasteiger partial charge in [-0.05, 0) is 90.6 Å². The fraction of sp³-hybridized carbons (Fsp3) is 0.350. The number of halogens is 2. The van der Waals surface area contributed by atoms with Gasteiger partial charge in [-0.1, -0.05) is 61.0 Å². The number of ether oxygens (including phenoxy) is 3. The number of anilines is 3. The van der Waals surface area contributed by atoms with E-state index in [1.165, 1.54) is 11.0 Å². The molecule has 2 aliphatic heterocycles. The second-order valence-corrected chi connectivity index (χ2v) is 17.2. The Morgan fingerprint density at radius 1 is 0.875 bits per heavy atom. The van der Waals surface area contributed by atoms with Crippen LogP contribution in [0.3, 0.4) is 0 Å². The summed E-state index contributed by atoms with van der Waals surface area (Å²) >= 11 is 6.72. The molecule has 5 N–H and O–H groups in total. The van der Waals surface area contributed by atoms with Crippen LogP contribution in [0.2, 0.25) is 0 Å². The van der Waals surface area contributed by atoms with Gasteiger partial charge in [0.25, 0.3) is 0 Å². The Bertz CT molecular complexity index is 2050. The first-order valence-corrected chi connectivity index (χ1v) is 19.4. The van der Waals surface area contributed by atoms with Crippen LogP contribution in [0.5, 0.6) is 23.0 Å². The first-order valence-electron chi connectivity index (χ1n) is 17.8. The fourth-order valence-corrected chi connectivity index (χ4v) is 7.06. The van der Waals surface area contributed by atoms with E-state index in [9.17, 15) is 24.8 Å². The molecule has 2 atom stereocenters. The Hall–Kier alpha value is -5.22. The number of rotatable bonds is 9. The van der Waals surface area contributed by atoms with Crippen LogP contribution in [0.4, 0.5) is 32.3 Å². The van der Waals surface area contributed by atoms with Crippen LogP contribution in [-0.4, -0.2) is 75.4 Å². The standard InChI is InChI=1S/C20H22BrN3O5.C20H24BrN3O3/c1-20(2,3)29-19(25)23-11-15(12-23)22-14-5-4-6-16(10-14)28-18-8-7-13(21)9-17(18)24(26)27;1-20(2,3)18-15(11-24(18)19(25)26)23-14-10-9-13(21)17(16(14)22)27-12-7-5-4-6-8-12/h4-10,15,22H,11-12H2,1-3H3;4-10,15,18,23H,11,22H2,1-3H3,(H,25,26). The van der Waals surface area contributed by atoms with Gasteiger partial charge in [0.2, 0.25) is 5.75 Å². The van der Waals surface area contributed by atoms with Gasteiger partial charge in [0.05, 0.1) is 38.9 Å². The third-order valence-corrected chi connectivity index (χ3v) is 9.90. The number of para-hydroxylation sites is 1. The zero-order valence-corrected chi connectivity index (χ0v) is 35.1. The van der Waals surface area contributed by atoms with E-state index >= 15 is 0 Å². The molecule has 2 unspecified atom stereocenters. The lowest BCUT2D eigenvalue weighted by atomic mass is 9.76. The minimum atomic E-state index is -0.898. The highest BCUT2D eigenvalue weighted by Gasteiger charge is 2.48. The lowest BCUT2D eigenvalue weighted by molar-refractivity contribution is -0.385. The Balaban J connectivity index is 0.000000215. The van der Waals surface area contributed by atoms with Gasteiger partial charge in [-0.25, -0.2) is 9.59 Å². The number of likely N-dealkylation sites (tertiary alicyclic amines) is 2. The summed E-state index contributed by atoms with van der Waals surface area (Å²) in [6.45, 7) is 13.1. The molecule has 2 heterocycles. The molecule has 0 aliphatic carbocycles. The van der Waals surface area contributed by atoms with E-state index < -0.39 is 16.6 Å². The summed E-state index contributed by atoms with van der Waals surface area (Å²) in [5.41, 5.74) is 7.54. The summed E-state index contributed by atoms with van der Waals surface area (Å²) < 4.78 is 18.4. The summed E-state index contributed by atoms with van der Waals surface area (Å²) in [5, 5.41) is 27.4. The van der Waals surface area contributed by atoms with E-state index in [1.54, 1.807) is 35.2 Å². The minimum absolute atomic E-state index is 0.0193. The number of hydrogen-bond donors (Lipinski definition) is 4. The van der Waals surface area contributed by atoms with Crippen molar-refractivity contribution < 1.29 is 33.8 Å². The van der Waals surface area contributed by atoms with E-state index in [-0.39, 0.29) is 41.1 Å². The Morgan fingerprint density at radius 3 is 2.18 bits per heavy atom. The quantitative estimate of drug-likeness (QED) is 0.0713. The molecule has 0 radical (unpaired) electrons. The number of nitro benzene ring substituents is 1. The molecule has 2 saturated heterocycles. The van der Waals surface area contributed by atoms with Crippen molar-refractivity contribution in [1.82, 2.24) is 9.80 Å². The van der Waals surface area contributed by atoms with E-state index in [1.807, 2.05) is 90.1 Å². The monoisotopic (exact) mass is 896 g/mol. The summed E-state index contributed by atoms with van der Waals surface area (Å²) in [6.07, 6.45) is -1.22. The predicted octanol–water partition coefficient (Wildman–Crippen LogP) is 10.2. The van der Waals surface area contributed by atoms with Gasteiger partial charge in [0.1, 0.15) is 17.1 Å². The normalized spacial score (nSPS) is 16.6. The molecule has 2 amide bonds. The number of nitrogen functional groups attached to an aromatic ring is 1. The number of amides is 2. The van der Waals surface area contributed by atoms with Gasteiger partial charge in [-0.2, -0.15) is 0 Å². The number of nitro groups is 1. The second kappa shape index (κ2) is 17.3. The van der Waals surface area contributed by atoms with Gasteiger partial charge >= 0.3 is 17.9 Å². The molecule has 2 aliphatic rings. The zero-order valence-electron chi connectivity index (χ0n) is 31.9. The van der Waals surface area contributed by atoms with Crippen molar-refractivity contribution in [3.63, 3.8) is 0 Å². The number of nitrogens with zero attached hydrogens (tertiary/aromatic N) is 3. The van der Waals surface area contributed by atoms with Crippen molar-refractivity contribution in [2.75, 3.05) is 36.0 Å². The fourth-order valence-electron chi connectivity index (χ4n) is 6.28. The average molecular weight is 899 g/mol. The lowest BCUT2D eigenvalue weighted by Crippen LogP contribution is -2.69. The predicted molar refractivity (Wildman–Crippen MR) is 223 cm³/mol. The SMILES string of the molecule is CC(C)(C)C1C(Nc2ccc(Br)c(Oc3ccccc3)c2N)CN1C(=O)O.CC(C)(C)OC(=O)N1CC(Nc2cccc(Oc3ccc(Br)cc3[N+](=O)[O-])c2)C1. The number of benzene rings is 4. The maximum Gasteiger partial charge on any atom is 0.410 e. The second-order valence-electron chi connectivity index (χ2n) is 15.5. The molecular formula is C40H46Br2N6O8. The van der Waals surface area contributed by atoms with Crippen LogP contribution in [-0.2, 0) is 4.74 Å². The third-order valence-electron chi connectivity index (χ3n) is 8.78. The van der Waals surface area contributed by atoms with Crippen molar-refractivity contribution in [2.24, 2.45) is 5.41 Å². The largest absolute Gasteiger partial charge is 0.465 e. The lowest BCUT2D eigenvalue weighted by Gasteiger charge is -2.53. The van der Waals surface area contributed by atoms with Crippen molar-refractivity contribution in [2.45, 2.75) is 65.3 Å². The average Bonchev–Trinajstić information content (AvgIpc) is 3.07. The van der Waals surface area contributed by atoms with Crippen LogP contribution < -0.4 is 25.8 Å². The van der Waals surface area contributed by atoms with Crippen molar-refractivity contribution in [3.8, 4) is 23.0 Å². The third kappa shape index (κ3) is 10.8. The van der Waals surface area contributed by atoms with E-state index in [4.69, 9.17) is 19.9 Å². The van der Waals surface area contributed by atoms with Crippen LogP contribution in [0.15, 0.2) is 93.9 Å².